The highest BCUT2D eigenvalue weighted by atomic mass is 32.1. The van der Waals surface area contributed by atoms with Gasteiger partial charge in [-0.2, -0.15) is 0 Å². The first-order chi connectivity index (χ1) is 6.74. The van der Waals surface area contributed by atoms with E-state index >= 15 is 0 Å². The number of thiazole rings is 1. The molecule has 0 aliphatic carbocycles. The van der Waals surface area contributed by atoms with Crippen molar-refractivity contribution in [3.8, 4) is 0 Å². The van der Waals surface area contributed by atoms with Crippen LogP contribution in [0.25, 0.3) is 0 Å². The van der Waals surface area contributed by atoms with Crippen molar-refractivity contribution >= 4 is 11.3 Å². The lowest BCUT2D eigenvalue weighted by Crippen LogP contribution is -2.18. The van der Waals surface area contributed by atoms with Gasteiger partial charge in [0.05, 0.1) is 18.9 Å². The topological polar surface area (TPSA) is 34.1 Å². The van der Waals surface area contributed by atoms with E-state index in [0.29, 0.717) is 6.61 Å². The summed E-state index contributed by atoms with van der Waals surface area (Å²) >= 11 is 1.72. The zero-order valence-corrected chi connectivity index (χ0v) is 9.91. The first-order valence-corrected chi connectivity index (χ1v) is 5.77. The minimum Gasteiger partial charge on any atom is -0.373 e. The number of ether oxygens (including phenoxy) is 1. The average Bonchev–Trinajstić information content (AvgIpc) is 2.46. The molecule has 0 aliphatic heterocycles. The van der Waals surface area contributed by atoms with Gasteiger partial charge in [0.25, 0.3) is 0 Å². The van der Waals surface area contributed by atoms with Gasteiger partial charge >= 0.3 is 0 Å². The molecule has 0 fully saturated rings. The Hall–Kier alpha value is -0.450. The lowest BCUT2D eigenvalue weighted by molar-refractivity contribution is 0.123. The van der Waals surface area contributed by atoms with Crippen LogP contribution in [-0.2, 0) is 11.3 Å². The van der Waals surface area contributed by atoms with E-state index in [1.54, 1.807) is 11.3 Å². The van der Waals surface area contributed by atoms with Gasteiger partial charge in [-0.1, -0.05) is 6.92 Å². The monoisotopic (exact) mass is 214 g/mol. The maximum absolute atomic E-state index is 5.48. The number of aryl methyl sites for hydroxylation is 2. The number of rotatable bonds is 6. The number of nitrogens with zero attached hydrogens (tertiary/aromatic N) is 1. The van der Waals surface area contributed by atoms with Gasteiger partial charge in [-0.05, 0) is 20.4 Å². The van der Waals surface area contributed by atoms with E-state index < -0.39 is 0 Å². The van der Waals surface area contributed by atoms with Crippen LogP contribution >= 0.6 is 11.3 Å². The van der Waals surface area contributed by atoms with Crippen LogP contribution < -0.4 is 5.32 Å². The molecule has 0 aromatic carbocycles. The fourth-order valence-corrected chi connectivity index (χ4v) is 1.95. The first kappa shape index (κ1) is 11.6. The largest absolute Gasteiger partial charge is 0.373 e. The molecule has 0 atom stereocenters. The summed E-state index contributed by atoms with van der Waals surface area (Å²) in [5, 5.41) is 4.29. The third kappa shape index (κ3) is 3.74. The van der Waals surface area contributed by atoms with E-state index in [2.05, 4.69) is 24.1 Å². The van der Waals surface area contributed by atoms with Crippen molar-refractivity contribution in [3.63, 3.8) is 0 Å². The van der Waals surface area contributed by atoms with Gasteiger partial charge < -0.3 is 10.1 Å². The minimum atomic E-state index is 0.644. The molecule has 4 heteroatoms. The Morgan fingerprint density at radius 1 is 1.43 bits per heavy atom. The number of likely N-dealkylation sites (N-methyl/N-ethyl adjacent to an activating group) is 1. The zero-order valence-electron chi connectivity index (χ0n) is 9.09. The summed E-state index contributed by atoms with van der Waals surface area (Å²) in [4.78, 5) is 5.69. The highest BCUT2D eigenvalue weighted by Gasteiger charge is 2.02. The van der Waals surface area contributed by atoms with Gasteiger partial charge in [0.15, 0.2) is 0 Å². The molecule has 1 heterocycles. The molecular weight excluding hydrogens is 196 g/mol. The van der Waals surface area contributed by atoms with Crippen LogP contribution in [0.4, 0.5) is 0 Å². The molecule has 0 saturated heterocycles. The van der Waals surface area contributed by atoms with E-state index in [9.17, 15) is 0 Å². The van der Waals surface area contributed by atoms with Crippen molar-refractivity contribution in [1.82, 2.24) is 10.3 Å². The van der Waals surface area contributed by atoms with E-state index in [-0.39, 0.29) is 0 Å². The summed E-state index contributed by atoms with van der Waals surface area (Å²) in [6, 6.07) is 0. The van der Waals surface area contributed by atoms with Crippen LogP contribution in [0.5, 0.6) is 0 Å². The molecule has 14 heavy (non-hydrogen) atoms. The standard InChI is InChI=1S/C10H18N2OS/c1-4-11-5-6-13-7-10-12-8(2)9(3)14-10/h11H,4-7H2,1-3H3. The fourth-order valence-electron chi connectivity index (χ4n) is 1.08. The maximum Gasteiger partial charge on any atom is 0.119 e. The molecule has 0 bridgehead atoms. The first-order valence-electron chi connectivity index (χ1n) is 4.95. The number of aromatic nitrogens is 1. The summed E-state index contributed by atoms with van der Waals surface area (Å²) < 4.78 is 5.48. The second kappa shape index (κ2) is 6.11. The highest BCUT2D eigenvalue weighted by molar-refractivity contribution is 7.11. The molecular formula is C10H18N2OS. The van der Waals surface area contributed by atoms with E-state index in [0.717, 1.165) is 30.4 Å². The van der Waals surface area contributed by atoms with Crippen LogP contribution in [0.1, 0.15) is 22.5 Å². The summed E-state index contributed by atoms with van der Waals surface area (Å²) in [5.74, 6) is 0. The van der Waals surface area contributed by atoms with E-state index in [1.807, 2.05) is 6.92 Å². The van der Waals surface area contributed by atoms with Crippen molar-refractivity contribution < 1.29 is 4.74 Å². The molecule has 1 N–H and O–H groups in total. The number of hydrogen-bond acceptors (Lipinski definition) is 4. The van der Waals surface area contributed by atoms with Crippen molar-refractivity contribution in [2.24, 2.45) is 0 Å². The molecule has 0 spiro atoms. The molecule has 0 aliphatic rings. The Labute approximate surface area is 89.5 Å². The Bertz CT molecular complexity index is 254. The van der Waals surface area contributed by atoms with Crippen molar-refractivity contribution in [3.05, 3.63) is 15.6 Å². The Morgan fingerprint density at radius 3 is 2.79 bits per heavy atom. The average molecular weight is 214 g/mol. The van der Waals surface area contributed by atoms with E-state index in [1.165, 1.54) is 4.88 Å². The highest BCUT2D eigenvalue weighted by Crippen LogP contribution is 2.16. The molecule has 0 amide bonds. The van der Waals surface area contributed by atoms with Gasteiger partial charge in [0.1, 0.15) is 5.01 Å². The molecule has 80 valence electrons. The smallest absolute Gasteiger partial charge is 0.119 e. The summed E-state index contributed by atoms with van der Waals surface area (Å²) in [6.07, 6.45) is 0. The van der Waals surface area contributed by atoms with Gasteiger partial charge in [-0.3, -0.25) is 0 Å². The second-order valence-corrected chi connectivity index (χ2v) is 4.44. The SMILES string of the molecule is CCNCCOCc1nc(C)c(C)s1. The van der Waals surface area contributed by atoms with Crippen molar-refractivity contribution in [1.29, 1.82) is 0 Å². The summed E-state index contributed by atoms with van der Waals surface area (Å²) in [5.41, 5.74) is 1.13. The van der Waals surface area contributed by atoms with Crippen LogP contribution in [0.3, 0.4) is 0 Å². The maximum atomic E-state index is 5.48. The molecule has 3 nitrogen and oxygen atoms in total. The zero-order chi connectivity index (χ0) is 10.4. The normalized spacial score (nSPS) is 10.8. The predicted molar refractivity (Wildman–Crippen MR) is 59.8 cm³/mol. The molecule has 1 aromatic heterocycles. The van der Waals surface area contributed by atoms with Crippen molar-refractivity contribution in [2.75, 3.05) is 19.7 Å². The molecule has 1 aromatic rings. The summed E-state index contributed by atoms with van der Waals surface area (Å²) in [7, 11) is 0. The van der Waals surface area contributed by atoms with Gasteiger partial charge in [-0.25, -0.2) is 4.98 Å². The fraction of sp³-hybridized carbons (Fsp3) is 0.700. The van der Waals surface area contributed by atoms with Crippen LogP contribution in [0, 0.1) is 13.8 Å². The van der Waals surface area contributed by atoms with Gasteiger partial charge in [0, 0.05) is 11.4 Å². The lowest BCUT2D eigenvalue weighted by atomic mass is 10.4. The molecule has 0 radical (unpaired) electrons. The predicted octanol–water partition coefficient (Wildman–Crippen LogP) is 1.89. The quantitative estimate of drug-likeness (QED) is 0.734. The summed E-state index contributed by atoms with van der Waals surface area (Å²) in [6.45, 7) is 9.53. The minimum absolute atomic E-state index is 0.644. The number of hydrogen-bond donors (Lipinski definition) is 1. The van der Waals surface area contributed by atoms with Gasteiger partial charge in [-0.15, -0.1) is 11.3 Å². The van der Waals surface area contributed by atoms with E-state index in [4.69, 9.17) is 4.74 Å². The Kier molecular flexibility index (Phi) is 5.07. The molecule has 1 rings (SSSR count). The lowest BCUT2D eigenvalue weighted by Gasteiger charge is -2.01. The van der Waals surface area contributed by atoms with Gasteiger partial charge in [0.2, 0.25) is 0 Å². The Morgan fingerprint density at radius 2 is 2.21 bits per heavy atom. The van der Waals surface area contributed by atoms with Crippen LogP contribution in [-0.4, -0.2) is 24.7 Å². The van der Waals surface area contributed by atoms with Crippen molar-refractivity contribution in [2.45, 2.75) is 27.4 Å². The third-order valence-electron chi connectivity index (χ3n) is 1.97. The second-order valence-electron chi connectivity index (χ2n) is 3.16. The Balaban J connectivity index is 2.18. The third-order valence-corrected chi connectivity index (χ3v) is 3.02. The van der Waals surface area contributed by atoms with Crippen LogP contribution in [0.15, 0.2) is 0 Å². The van der Waals surface area contributed by atoms with Crippen LogP contribution in [0.2, 0.25) is 0 Å². The molecule has 0 saturated carbocycles. The molecule has 0 unspecified atom stereocenters. The number of nitrogens with one attached hydrogen (secondary N) is 1.